The molecular weight excluding hydrogens is 214 g/mol. The van der Waals surface area contributed by atoms with Gasteiger partial charge in [0.2, 0.25) is 0 Å². The van der Waals surface area contributed by atoms with Crippen molar-refractivity contribution in [1.29, 1.82) is 0 Å². The van der Waals surface area contributed by atoms with Gasteiger partial charge in [-0.2, -0.15) is 0 Å². The second kappa shape index (κ2) is 4.69. The lowest BCUT2D eigenvalue weighted by molar-refractivity contribution is 0.366. The molecule has 0 aliphatic heterocycles. The van der Waals surface area contributed by atoms with E-state index >= 15 is 0 Å². The lowest BCUT2D eigenvalue weighted by atomic mass is 10.0. The largest absolute Gasteiger partial charge is 0.328 e. The van der Waals surface area contributed by atoms with Crippen molar-refractivity contribution in [2.75, 3.05) is 6.54 Å². The first-order valence-electron chi connectivity index (χ1n) is 6.56. The van der Waals surface area contributed by atoms with Crippen LogP contribution in [0.4, 0.5) is 0 Å². The van der Waals surface area contributed by atoms with Crippen molar-refractivity contribution < 1.29 is 0 Å². The second-order valence-electron chi connectivity index (χ2n) is 5.58. The highest BCUT2D eigenvalue weighted by atomic mass is 16.1. The highest BCUT2D eigenvalue weighted by molar-refractivity contribution is 4.91. The van der Waals surface area contributed by atoms with Crippen molar-refractivity contribution in [2.45, 2.75) is 58.2 Å². The Balaban J connectivity index is 1.89. The van der Waals surface area contributed by atoms with Gasteiger partial charge in [0.25, 0.3) is 0 Å². The van der Waals surface area contributed by atoms with Crippen LogP contribution in [0.5, 0.6) is 0 Å². The van der Waals surface area contributed by atoms with Crippen molar-refractivity contribution in [3.05, 3.63) is 22.9 Å². The van der Waals surface area contributed by atoms with Crippen LogP contribution in [0.2, 0.25) is 0 Å². The van der Waals surface area contributed by atoms with Crippen LogP contribution in [-0.4, -0.2) is 21.2 Å². The zero-order chi connectivity index (χ0) is 12.5. The maximum absolute atomic E-state index is 12.0. The van der Waals surface area contributed by atoms with E-state index in [1.54, 1.807) is 4.57 Å². The van der Waals surface area contributed by atoms with E-state index in [1.165, 1.54) is 0 Å². The first-order valence-corrected chi connectivity index (χ1v) is 6.56. The molecular formula is C13H23N3O. The van der Waals surface area contributed by atoms with Crippen LogP contribution in [0, 0.1) is 0 Å². The topological polar surface area (TPSA) is 39.0 Å². The van der Waals surface area contributed by atoms with E-state index in [0.29, 0.717) is 6.04 Å². The molecule has 1 N–H and O–H groups in total. The van der Waals surface area contributed by atoms with Gasteiger partial charge in [-0.1, -0.05) is 6.92 Å². The summed E-state index contributed by atoms with van der Waals surface area (Å²) in [4.78, 5) is 12.0. The van der Waals surface area contributed by atoms with E-state index in [0.717, 1.165) is 32.4 Å². The molecule has 0 atom stereocenters. The molecule has 1 saturated carbocycles. The molecule has 17 heavy (non-hydrogen) atoms. The van der Waals surface area contributed by atoms with Crippen LogP contribution in [0.3, 0.4) is 0 Å². The van der Waals surface area contributed by atoms with Crippen LogP contribution in [0.1, 0.15) is 46.1 Å². The van der Waals surface area contributed by atoms with E-state index < -0.39 is 0 Å². The summed E-state index contributed by atoms with van der Waals surface area (Å²) in [7, 11) is 0. The van der Waals surface area contributed by atoms with Crippen molar-refractivity contribution in [3.63, 3.8) is 0 Å². The summed E-state index contributed by atoms with van der Waals surface area (Å²) in [5.41, 5.74) is 0.298. The minimum Gasteiger partial charge on any atom is -0.310 e. The fourth-order valence-corrected chi connectivity index (χ4v) is 1.87. The predicted molar refractivity (Wildman–Crippen MR) is 69.3 cm³/mol. The molecule has 1 aliphatic rings. The quantitative estimate of drug-likeness (QED) is 0.819. The zero-order valence-corrected chi connectivity index (χ0v) is 11.1. The monoisotopic (exact) mass is 237 g/mol. The molecule has 0 unspecified atom stereocenters. The molecule has 0 bridgehead atoms. The average molecular weight is 237 g/mol. The van der Waals surface area contributed by atoms with Gasteiger partial charge < -0.3 is 5.32 Å². The zero-order valence-electron chi connectivity index (χ0n) is 11.1. The summed E-state index contributed by atoms with van der Waals surface area (Å²) >= 11 is 0. The normalized spacial score (nSPS) is 16.4. The average Bonchev–Trinajstić information content (AvgIpc) is 3.06. The lowest BCUT2D eigenvalue weighted by Gasteiger charge is -2.24. The van der Waals surface area contributed by atoms with Gasteiger partial charge in [0.1, 0.15) is 0 Å². The molecule has 2 rings (SSSR count). The number of aromatic nitrogens is 2. The molecule has 1 fully saturated rings. The third-order valence-corrected chi connectivity index (χ3v) is 3.65. The van der Waals surface area contributed by atoms with Crippen molar-refractivity contribution >= 4 is 0 Å². The summed E-state index contributed by atoms with van der Waals surface area (Å²) < 4.78 is 3.67. The Labute approximate surface area is 103 Å². The minimum atomic E-state index is 0.142. The molecule has 0 radical (unpaired) electrons. The number of nitrogens with zero attached hydrogens (tertiary/aromatic N) is 2. The van der Waals surface area contributed by atoms with Gasteiger partial charge >= 0.3 is 5.69 Å². The molecule has 1 aliphatic carbocycles. The molecule has 4 nitrogen and oxygen atoms in total. The summed E-state index contributed by atoms with van der Waals surface area (Å²) in [5, 5.41) is 3.47. The molecule has 1 aromatic heterocycles. The molecule has 1 heterocycles. The van der Waals surface area contributed by atoms with Gasteiger partial charge in [-0.3, -0.25) is 9.13 Å². The van der Waals surface area contributed by atoms with Gasteiger partial charge in [-0.25, -0.2) is 4.79 Å². The highest BCUT2D eigenvalue weighted by Gasteiger charge is 2.25. The van der Waals surface area contributed by atoms with Gasteiger partial charge in [0.15, 0.2) is 0 Å². The summed E-state index contributed by atoms with van der Waals surface area (Å²) in [6.07, 6.45) is 7.23. The Morgan fingerprint density at radius 3 is 2.71 bits per heavy atom. The summed E-state index contributed by atoms with van der Waals surface area (Å²) in [6, 6.07) is 0.476. The van der Waals surface area contributed by atoms with Crippen LogP contribution < -0.4 is 11.0 Å². The molecule has 96 valence electrons. The maximum Gasteiger partial charge on any atom is 0.328 e. The fraction of sp³-hybridized carbons (Fsp3) is 0.769. The standard InChI is InChI=1S/C13H23N3O/c1-4-13(2,3)14-7-8-15-9-10-16(12(15)17)11-5-6-11/h9-11,14H,4-8H2,1-3H3. The molecule has 0 aromatic carbocycles. The van der Waals surface area contributed by atoms with Gasteiger partial charge in [-0.15, -0.1) is 0 Å². The number of rotatable bonds is 6. The van der Waals surface area contributed by atoms with E-state index in [4.69, 9.17) is 0 Å². The second-order valence-corrected chi connectivity index (χ2v) is 5.58. The van der Waals surface area contributed by atoms with E-state index in [1.807, 2.05) is 17.0 Å². The lowest BCUT2D eigenvalue weighted by Crippen LogP contribution is -2.41. The van der Waals surface area contributed by atoms with Gasteiger partial charge in [-0.05, 0) is 33.1 Å². The molecule has 0 spiro atoms. The summed E-state index contributed by atoms with van der Waals surface area (Å²) in [5.74, 6) is 0. The Morgan fingerprint density at radius 2 is 2.12 bits per heavy atom. The Bertz CT molecular complexity index is 426. The van der Waals surface area contributed by atoms with Crippen molar-refractivity contribution in [3.8, 4) is 0 Å². The third-order valence-electron chi connectivity index (χ3n) is 3.65. The van der Waals surface area contributed by atoms with Crippen LogP contribution in [0.25, 0.3) is 0 Å². The Hall–Kier alpha value is -1.03. The number of imidazole rings is 1. The highest BCUT2D eigenvalue weighted by Crippen LogP contribution is 2.33. The van der Waals surface area contributed by atoms with Gasteiger partial charge in [0.05, 0.1) is 0 Å². The molecule has 1 aromatic rings. The van der Waals surface area contributed by atoms with E-state index in [9.17, 15) is 4.79 Å². The van der Waals surface area contributed by atoms with Crippen molar-refractivity contribution in [1.82, 2.24) is 14.5 Å². The summed E-state index contributed by atoms with van der Waals surface area (Å²) in [6.45, 7) is 8.14. The SMILES string of the molecule is CCC(C)(C)NCCn1ccn(C2CC2)c1=O. The van der Waals surface area contributed by atoms with Gasteiger partial charge in [0, 0.05) is 37.1 Å². The number of hydrogen-bond donors (Lipinski definition) is 1. The van der Waals surface area contributed by atoms with Crippen LogP contribution in [-0.2, 0) is 6.54 Å². The smallest absolute Gasteiger partial charge is 0.310 e. The van der Waals surface area contributed by atoms with Crippen LogP contribution in [0.15, 0.2) is 17.2 Å². The molecule has 4 heteroatoms. The van der Waals surface area contributed by atoms with Crippen molar-refractivity contribution in [2.24, 2.45) is 0 Å². The minimum absolute atomic E-state index is 0.142. The van der Waals surface area contributed by atoms with Crippen LogP contribution >= 0.6 is 0 Å². The predicted octanol–water partition coefficient (Wildman–Crippen LogP) is 1.76. The fourth-order valence-electron chi connectivity index (χ4n) is 1.87. The Morgan fingerprint density at radius 1 is 1.41 bits per heavy atom. The maximum atomic E-state index is 12.0. The van der Waals surface area contributed by atoms with E-state index in [-0.39, 0.29) is 11.2 Å². The first-order chi connectivity index (χ1) is 8.03. The Kier molecular flexibility index (Phi) is 3.43. The molecule has 0 saturated heterocycles. The first kappa shape index (κ1) is 12.4. The third kappa shape index (κ3) is 3.00. The number of nitrogens with one attached hydrogen (secondary N) is 1. The molecule has 0 amide bonds. The number of hydrogen-bond acceptors (Lipinski definition) is 2. The van der Waals surface area contributed by atoms with E-state index in [2.05, 4.69) is 26.1 Å².